The second kappa shape index (κ2) is 2.47. The maximum atomic E-state index is 5.75. The summed E-state index contributed by atoms with van der Waals surface area (Å²) in [5.74, 6) is 0. The molecule has 3 atom stereocenters. The first-order chi connectivity index (χ1) is 4.88. The lowest BCUT2D eigenvalue weighted by atomic mass is 9.99. The first-order valence-corrected chi connectivity index (χ1v) is 3.88. The van der Waals surface area contributed by atoms with E-state index in [2.05, 4.69) is 16.2 Å². The molecular formula is C6H14N4. The van der Waals surface area contributed by atoms with E-state index < -0.39 is 0 Å². The highest BCUT2D eigenvalue weighted by molar-refractivity contribution is 4.95. The zero-order valence-electron chi connectivity index (χ0n) is 5.93. The van der Waals surface area contributed by atoms with Crippen molar-refractivity contribution in [2.75, 3.05) is 6.54 Å². The van der Waals surface area contributed by atoms with E-state index in [0.29, 0.717) is 12.1 Å². The molecule has 4 heteroatoms. The van der Waals surface area contributed by atoms with Crippen molar-refractivity contribution in [2.45, 2.75) is 31.1 Å². The average Bonchev–Trinajstić information content (AvgIpc) is 2.34. The summed E-state index contributed by atoms with van der Waals surface area (Å²) in [5, 5.41) is 3.38. The fourth-order valence-corrected chi connectivity index (χ4v) is 1.74. The lowest BCUT2D eigenvalue weighted by Crippen LogP contribution is -2.52. The van der Waals surface area contributed by atoms with E-state index in [0.717, 1.165) is 6.54 Å². The molecule has 5 N–H and O–H groups in total. The van der Waals surface area contributed by atoms with Gasteiger partial charge in [0.2, 0.25) is 0 Å². The molecule has 2 saturated heterocycles. The SMILES string of the molecule is NC1NNC2CCCNC12. The molecule has 3 unspecified atom stereocenters. The van der Waals surface area contributed by atoms with E-state index in [1.165, 1.54) is 12.8 Å². The summed E-state index contributed by atoms with van der Waals surface area (Å²) >= 11 is 0. The summed E-state index contributed by atoms with van der Waals surface area (Å²) in [5.41, 5.74) is 12.0. The number of fused-ring (bicyclic) bond motifs is 1. The minimum absolute atomic E-state index is 0.0882. The number of nitrogens with one attached hydrogen (secondary N) is 3. The summed E-state index contributed by atoms with van der Waals surface area (Å²) in [6.07, 6.45) is 2.58. The van der Waals surface area contributed by atoms with Gasteiger partial charge in [-0.2, -0.15) is 0 Å². The second-order valence-electron chi connectivity index (χ2n) is 3.04. The van der Waals surface area contributed by atoms with E-state index in [1.807, 2.05) is 0 Å². The van der Waals surface area contributed by atoms with Gasteiger partial charge >= 0.3 is 0 Å². The molecule has 0 amide bonds. The number of hydrogen-bond acceptors (Lipinski definition) is 4. The van der Waals surface area contributed by atoms with Gasteiger partial charge in [0.25, 0.3) is 0 Å². The number of hydrogen-bond donors (Lipinski definition) is 4. The van der Waals surface area contributed by atoms with Gasteiger partial charge in [-0.1, -0.05) is 0 Å². The van der Waals surface area contributed by atoms with Gasteiger partial charge in [-0.15, -0.1) is 0 Å². The van der Waals surface area contributed by atoms with E-state index >= 15 is 0 Å². The first kappa shape index (κ1) is 6.54. The Morgan fingerprint density at radius 1 is 1.30 bits per heavy atom. The maximum absolute atomic E-state index is 5.75. The van der Waals surface area contributed by atoms with Crippen LogP contribution >= 0.6 is 0 Å². The van der Waals surface area contributed by atoms with Crippen LogP contribution in [-0.2, 0) is 0 Å². The lowest BCUT2D eigenvalue weighted by molar-refractivity contribution is 0.350. The van der Waals surface area contributed by atoms with Crippen molar-refractivity contribution < 1.29 is 0 Å². The number of piperidine rings is 1. The monoisotopic (exact) mass is 142 g/mol. The van der Waals surface area contributed by atoms with Gasteiger partial charge in [0, 0.05) is 6.04 Å². The van der Waals surface area contributed by atoms with E-state index in [-0.39, 0.29) is 6.17 Å². The second-order valence-corrected chi connectivity index (χ2v) is 3.04. The average molecular weight is 142 g/mol. The minimum Gasteiger partial charge on any atom is -0.314 e. The van der Waals surface area contributed by atoms with Crippen LogP contribution in [0.15, 0.2) is 0 Å². The van der Waals surface area contributed by atoms with Crippen molar-refractivity contribution in [1.29, 1.82) is 0 Å². The van der Waals surface area contributed by atoms with Gasteiger partial charge in [0.15, 0.2) is 0 Å². The molecule has 0 saturated carbocycles. The van der Waals surface area contributed by atoms with E-state index in [1.54, 1.807) is 0 Å². The van der Waals surface area contributed by atoms with Crippen molar-refractivity contribution in [3.63, 3.8) is 0 Å². The Morgan fingerprint density at radius 3 is 3.00 bits per heavy atom. The Balaban J connectivity index is 2.01. The van der Waals surface area contributed by atoms with Crippen LogP contribution in [-0.4, -0.2) is 24.8 Å². The molecule has 0 radical (unpaired) electrons. The Bertz CT molecular complexity index is 125. The molecule has 0 aromatic carbocycles. The van der Waals surface area contributed by atoms with Gasteiger partial charge in [-0.3, -0.25) is 5.43 Å². The highest BCUT2D eigenvalue weighted by Gasteiger charge is 2.34. The van der Waals surface area contributed by atoms with Crippen molar-refractivity contribution in [1.82, 2.24) is 16.2 Å². The quantitative estimate of drug-likeness (QED) is 0.332. The van der Waals surface area contributed by atoms with Crippen LogP contribution in [0.4, 0.5) is 0 Å². The number of hydrazine groups is 1. The fraction of sp³-hybridized carbons (Fsp3) is 1.00. The molecule has 58 valence electrons. The predicted molar refractivity (Wildman–Crippen MR) is 39.1 cm³/mol. The largest absolute Gasteiger partial charge is 0.314 e. The molecule has 0 spiro atoms. The molecule has 0 aromatic heterocycles. The molecule has 10 heavy (non-hydrogen) atoms. The van der Waals surface area contributed by atoms with Crippen LogP contribution in [0, 0.1) is 0 Å². The van der Waals surface area contributed by atoms with Crippen molar-refractivity contribution >= 4 is 0 Å². The smallest absolute Gasteiger partial charge is 0.0850 e. The lowest BCUT2D eigenvalue weighted by Gasteiger charge is -2.26. The van der Waals surface area contributed by atoms with Gasteiger partial charge in [-0.05, 0) is 19.4 Å². The van der Waals surface area contributed by atoms with Crippen LogP contribution in [0.2, 0.25) is 0 Å². The Labute approximate surface area is 60.5 Å². The summed E-state index contributed by atoms with van der Waals surface area (Å²) in [6.45, 7) is 1.11. The first-order valence-electron chi connectivity index (χ1n) is 3.88. The summed E-state index contributed by atoms with van der Waals surface area (Å²) in [6, 6.07) is 0.984. The van der Waals surface area contributed by atoms with Crippen LogP contribution in [0.3, 0.4) is 0 Å². The molecule has 2 rings (SSSR count). The van der Waals surface area contributed by atoms with Crippen molar-refractivity contribution in [2.24, 2.45) is 5.73 Å². The molecule has 2 aliphatic rings. The molecule has 2 heterocycles. The highest BCUT2D eigenvalue weighted by Crippen LogP contribution is 2.12. The summed E-state index contributed by atoms with van der Waals surface area (Å²) in [4.78, 5) is 0. The molecule has 4 nitrogen and oxygen atoms in total. The van der Waals surface area contributed by atoms with Crippen LogP contribution in [0.1, 0.15) is 12.8 Å². The molecule has 0 bridgehead atoms. The molecule has 2 aliphatic heterocycles. The van der Waals surface area contributed by atoms with Gasteiger partial charge in [0.1, 0.15) is 0 Å². The predicted octanol–water partition coefficient (Wildman–Crippen LogP) is -1.50. The third-order valence-corrected chi connectivity index (χ3v) is 2.33. The fourth-order valence-electron chi connectivity index (χ4n) is 1.74. The number of rotatable bonds is 0. The standard InChI is InChI=1S/C6H14N4/c7-6-5-4(9-10-6)2-1-3-8-5/h4-6,8-10H,1-3,7H2. The van der Waals surface area contributed by atoms with Crippen LogP contribution in [0.5, 0.6) is 0 Å². The normalized spacial score (nSPS) is 47.1. The number of nitrogens with two attached hydrogens (primary N) is 1. The maximum Gasteiger partial charge on any atom is 0.0850 e. The Kier molecular flexibility index (Phi) is 1.61. The Hall–Kier alpha value is -0.160. The van der Waals surface area contributed by atoms with E-state index in [4.69, 9.17) is 5.73 Å². The molecule has 2 fully saturated rings. The molecular weight excluding hydrogens is 128 g/mol. The molecule has 0 aromatic rings. The Morgan fingerprint density at radius 2 is 2.20 bits per heavy atom. The van der Waals surface area contributed by atoms with Crippen LogP contribution < -0.4 is 21.9 Å². The van der Waals surface area contributed by atoms with Gasteiger partial charge < -0.3 is 11.1 Å². The molecule has 0 aliphatic carbocycles. The highest BCUT2D eigenvalue weighted by atomic mass is 15.5. The zero-order valence-corrected chi connectivity index (χ0v) is 5.93. The minimum atomic E-state index is 0.0882. The third kappa shape index (κ3) is 0.932. The van der Waals surface area contributed by atoms with Crippen molar-refractivity contribution in [3.8, 4) is 0 Å². The van der Waals surface area contributed by atoms with Crippen LogP contribution in [0.25, 0.3) is 0 Å². The van der Waals surface area contributed by atoms with Crippen molar-refractivity contribution in [3.05, 3.63) is 0 Å². The zero-order chi connectivity index (χ0) is 6.97. The summed E-state index contributed by atoms with van der Waals surface area (Å²) < 4.78 is 0. The topological polar surface area (TPSA) is 62.1 Å². The third-order valence-electron chi connectivity index (χ3n) is 2.33. The van der Waals surface area contributed by atoms with Gasteiger partial charge in [-0.25, -0.2) is 5.43 Å². The van der Waals surface area contributed by atoms with E-state index in [9.17, 15) is 0 Å². The van der Waals surface area contributed by atoms with Gasteiger partial charge in [0.05, 0.1) is 12.2 Å². The summed E-state index contributed by atoms with van der Waals surface area (Å²) in [7, 11) is 0.